The number of carbonyl (C=O) groups excluding carboxylic acids is 1. The molecular weight excluding hydrogens is 384 g/mol. The number of thioether (sulfide) groups is 1. The van der Waals surface area contributed by atoms with Crippen molar-refractivity contribution in [1.29, 1.82) is 0 Å². The van der Waals surface area contributed by atoms with Crippen molar-refractivity contribution in [3.63, 3.8) is 0 Å². The van der Waals surface area contributed by atoms with E-state index in [1.165, 1.54) is 4.68 Å². The third-order valence-electron chi connectivity index (χ3n) is 3.25. The minimum Gasteiger partial charge on any atom is -0.335 e. The molecule has 134 valence electrons. The van der Waals surface area contributed by atoms with Crippen LogP contribution in [-0.2, 0) is 4.79 Å². The molecule has 26 heavy (non-hydrogen) atoms. The zero-order valence-electron chi connectivity index (χ0n) is 13.1. The van der Waals surface area contributed by atoms with E-state index in [4.69, 9.17) is 17.4 Å². The lowest BCUT2D eigenvalue weighted by molar-refractivity contribution is -0.113. The molecule has 3 aromatic rings. The maximum Gasteiger partial charge on any atom is 0.234 e. The smallest absolute Gasteiger partial charge is 0.234 e. The van der Waals surface area contributed by atoms with Gasteiger partial charge in [0, 0.05) is 22.3 Å². The van der Waals surface area contributed by atoms with Gasteiger partial charge in [-0.05, 0) is 36.4 Å². The Morgan fingerprint density at radius 3 is 2.46 bits per heavy atom. The van der Waals surface area contributed by atoms with Gasteiger partial charge >= 0.3 is 0 Å². The van der Waals surface area contributed by atoms with Crippen LogP contribution in [0.5, 0.6) is 0 Å². The first-order valence-electron chi connectivity index (χ1n) is 7.27. The molecule has 1 aromatic heterocycles. The van der Waals surface area contributed by atoms with Crippen LogP contribution in [0.15, 0.2) is 47.6 Å². The van der Waals surface area contributed by atoms with Gasteiger partial charge < -0.3 is 11.2 Å². The number of benzene rings is 2. The molecule has 0 radical (unpaired) electrons. The summed E-state index contributed by atoms with van der Waals surface area (Å²) in [5.41, 5.74) is 0.750. The summed E-state index contributed by atoms with van der Waals surface area (Å²) < 4.78 is 27.5. The number of hydrogen-bond donors (Lipinski definition) is 2. The minimum absolute atomic E-state index is 0.0316. The zero-order chi connectivity index (χ0) is 18.7. The molecule has 0 saturated heterocycles. The highest BCUT2D eigenvalue weighted by atomic mass is 35.5. The number of aromatic nitrogens is 3. The lowest BCUT2D eigenvalue weighted by atomic mass is 10.2. The van der Waals surface area contributed by atoms with E-state index < -0.39 is 17.5 Å². The summed E-state index contributed by atoms with van der Waals surface area (Å²) in [6.45, 7) is 0. The Morgan fingerprint density at radius 2 is 1.81 bits per heavy atom. The maximum atomic E-state index is 13.1. The second kappa shape index (κ2) is 7.71. The zero-order valence-corrected chi connectivity index (χ0v) is 14.7. The molecule has 0 fully saturated rings. The number of halogens is 3. The van der Waals surface area contributed by atoms with Crippen molar-refractivity contribution < 1.29 is 13.6 Å². The molecule has 1 heterocycles. The van der Waals surface area contributed by atoms with E-state index >= 15 is 0 Å². The summed E-state index contributed by atoms with van der Waals surface area (Å²) in [7, 11) is 0. The predicted octanol–water partition coefficient (Wildman–Crippen LogP) is 3.32. The quantitative estimate of drug-likeness (QED) is 0.511. The van der Waals surface area contributed by atoms with Crippen molar-refractivity contribution in [1.82, 2.24) is 14.9 Å². The normalized spacial score (nSPS) is 10.7. The van der Waals surface area contributed by atoms with Gasteiger partial charge in [0.15, 0.2) is 5.82 Å². The molecule has 0 spiro atoms. The van der Waals surface area contributed by atoms with Crippen LogP contribution in [0.3, 0.4) is 0 Å². The van der Waals surface area contributed by atoms with Gasteiger partial charge in [-0.25, -0.2) is 13.5 Å². The van der Waals surface area contributed by atoms with Crippen LogP contribution in [-0.4, -0.2) is 26.5 Å². The topological polar surface area (TPSA) is 85.8 Å². The van der Waals surface area contributed by atoms with E-state index in [0.717, 1.165) is 35.5 Å². The lowest BCUT2D eigenvalue weighted by Gasteiger charge is -2.06. The molecule has 1 amide bonds. The second-order valence-corrected chi connectivity index (χ2v) is 6.56. The number of nitrogens with one attached hydrogen (secondary N) is 1. The summed E-state index contributed by atoms with van der Waals surface area (Å²) in [4.78, 5) is 11.9. The molecule has 0 bridgehead atoms. The van der Waals surface area contributed by atoms with Crippen molar-refractivity contribution in [2.24, 2.45) is 0 Å². The van der Waals surface area contributed by atoms with Crippen molar-refractivity contribution in [3.05, 3.63) is 59.1 Å². The van der Waals surface area contributed by atoms with Crippen molar-refractivity contribution in [2.45, 2.75) is 5.16 Å². The molecule has 3 rings (SSSR count). The highest BCUT2D eigenvalue weighted by Gasteiger charge is 2.14. The number of nitrogens with two attached hydrogens (primary N) is 1. The minimum atomic E-state index is -0.776. The molecule has 10 heteroatoms. The number of hydrogen-bond acceptors (Lipinski definition) is 5. The van der Waals surface area contributed by atoms with Gasteiger partial charge in [-0.3, -0.25) is 4.79 Å². The number of nitrogen functional groups attached to an aromatic ring is 1. The third kappa shape index (κ3) is 4.30. The third-order valence-corrected chi connectivity index (χ3v) is 4.44. The van der Waals surface area contributed by atoms with Gasteiger partial charge in [0.2, 0.25) is 11.1 Å². The van der Waals surface area contributed by atoms with E-state index in [1.807, 2.05) is 0 Å². The van der Waals surface area contributed by atoms with Crippen LogP contribution in [0.2, 0.25) is 5.02 Å². The fourth-order valence-electron chi connectivity index (χ4n) is 2.12. The Labute approximate surface area is 156 Å². The maximum absolute atomic E-state index is 13.1. The van der Waals surface area contributed by atoms with E-state index in [9.17, 15) is 13.6 Å². The number of rotatable bonds is 5. The van der Waals surface area contributed by atoms with Crippen LogP contribution >= 0.6 is 23.4 Å². The summed E-state index contributed by atoms with van der Waals surface area (Å²) >= 11 is 6.89. The molecule has 0 saturated carbocycles. The lowest BCUT2D eigenvalue weighted by Crippen LogP contribution is -2.16. The Hall–Kier alpha value is -2.65. The highest BCUT2D eigenvalue weighted by Crippen LogP contribution is 2.23. The molecule has 0 atom stereocenters. The molecule has 0 aliphatic heterocycles. The first kappa shape index (κ1) is 18.2. The van der Waals surface area contributed by atoms with E-state index in [1.54, 1.807) is 24.3 Å². The highest BCUT2D eigenvalue weighted by molar-refractivity contribution is 7.99. The Bertz CT molecular complexity index is 928. The number of anilines is 1. The average Bonchev–Trinajstić information content (AvgIpc) is 2.93. The summed E-state index contributed by atoms with van der Waals surface area (Å²) in [5, 5.41) is 11.2. The fraction of sp³-hybridized carbons (Fsp3) is 0.0625. The van der Waals surface area contributed by atoms with Crippen LogP contribution in [0.1, 0.15) is 0 Å². The first-order chi connectivity index (χ1) is 12.4. The summed E-state index contributed by atoms with van der Waals surface area (Å²) in [6, 6.07) is 9.66. The largest absolute Gasteiger partial charge is 0.335 e. The summed E-state index contributed by atoms with van der Waals surface area (Å²) in [5.74, 6) is 4.30. The summed E-state index contributed by atoms with van der Waals surface area (Å²) in [6.07, 6.45) is 0. The van der Waals surface area contributed by atoms with Gasteiger partial charge in [0.1, 0.15) is 11.6 Å². The number of nitrogens with zero attached hydrogens (tertiary/aromatic N) is 3. The monoisotopic (exact) mass is 395 g/mol. The Kier molecular flexibility index (Phi) is 5.38. The second-order valence-electron chi connectivity index (χ2n) is 5.18. The SMILES string of the molecule is Nn1c(SCC(=O)Nc2cc(F)cc(F)c2)nnc1-c1ccc(Cl)cc1. The van der Waals surface area contributed by atoms with Gasteiger partial charge in [-0.15, -0.1) is 10.2 Å². The van der Waals surface area contributed by atoms with E-state index in [2.05, 4.69) is 15.5 Å². The van der Waals surface area contributed by atoms with Crippen LogP contribution in [0.4, 0.5) is 14.5 Å². The molecule has 2 aromatic carbocycles. The van der Waals surface area contributed by atoms with E-state index in [-0.39, 0.29) is 11.4 Å². The Balaban J connectivity index is 1.64. The number of carbonyl (C=O) groups is 1. The van der Waals surface area contributed by atoms with E-state index in [0.29, 0.717) is 16.0 Å². The molecule has 0 aliphatic rings. The molecule has 0 unspecified atom stereocenters. The molecule has 6 nitrogen and oxygen atoms in total. The standard InChI is InChI=1S/C16H12ClF2N5OS/c17-10-3-1-9(2-4-10)15-22-23-16(24(15)20)26-8-14(25)21-13-6-11(18)5-12(19)7-13/h1-7H,8,20H2,(H,21,25). The van der Waals surface area contributed by atoms with Crippen LogP contribution < -0.4 is 11.2 Å². The van der Waals surface area contributed by atoms with Gasteiger partial charge in [-0.1, -0.05) is 23.4 Å². The fourth-order valence-corrected chi connectivity index (χ4v) is 2.91. The van der Waals surface area contributed by atoms with Crippen LogP contribution in [0.25, 0.3) is 11.4 Å². The van der Waals surface area contributed by atoms with Crippen molar-refractivity contribution in [3.8, 4) is 11.4 Å². The van der Waals surface area contributed by atoms with Crippen molar-refractivity contribution in [2.75, 3.05) is 16.9 Å². The first-order valence-corrected chi connectivity index (χ1v) is 8.64. The molecular formula is C16H12ClF2N5OS. The average molecular weight is 396 g/mol. The van der Waals surface area contributed by atoms with Gasteiger partial charge in [0.25, 0.3) is 0 Å². The van der Waals surface area contributed by atoms with Gasteiger partial charge in [-0.2, -0.15) is 0 Å². The Morgan fingerprint density at radius 1 is 1.15 bits per heavy atom. The van der Waals surface area contributed by atoms with Crippen LogP contribution in [0, 0.1) is 11.6 Å². The van der Waals surface area contributed by atoms with Crippen molar-refractivity contribution >= 4 is 35.0 Å². The molecule has 0 aliphatic carbocycles. The predicted molar refractivity (Wildman–Crippen MR) is 96.3 cm³/mol. The van der Waals surface area contributed by atoms with Gasteiger partial charge in [0.05, 0.1) is 5.75 Å². The number of amides is 1. The molecule has 3 N–H and O–H groups in total.